The Balaban J connectivity index is 2.59. The molecule has 0 aliphatic heterocycles. The van der Waals surface area contributed by atoms with Crippen molar-refractivity contribution in [3.63, 3.8) is 0 Å². The molecule has 0 bridgehead atoms. The van der Waals surface area contributed by atoms with Crippen LogP contribution in [0, 0.1) is 5.82 Å². The third-order valence-corrected chi connectivity index (χ3v) is 2.93. The maximum atomic E-state index is 12.8. The second-order valence-electron chi connectivity index (χ2n) is 4.12. The number of hydrogen-bond donors (Lipinski definition) is 2. The monoisotopic (exact) mass is 274 g/mol. The van der Waals surface area contributed by atoms with E-state index in [4.69, 9.17) is 16.7 Å². The van der Waals surface area contributed by atoms with Crippen LogP contribution in [0.15, 0.2) is 18.2 Å². The molecule has 1 atom stereocenters. The molecule has 0 spiro atoms. The third-order valence-electron chi connectivity index (χ3n) is 2.61. The average molecular weight is 275 g/mol. The fourth-order valence-electron chi connectivity index (χ4n) is 1.30. The highest BCUT2D eigenvalue weighted by Gasteiger charge is 2.13. The number of halogens is 2. The molecule has 0 aliphatic carbocycles. The van der Waals surface area contributed by atoms with Crippen LogP contribution in [0.3, 0.4) is 0 Å². The molecule has 2 N–H and O–H groups in total. The van der Waals surface area contributed by atoms with Crippen LogP contribution in [-0.2, 0) is 4.79 Å². The van der Waals surface area contributed by atoms with Crippen LogP contribution in [0.1, 0.15) is 6.92 Å². The lowest BCUT2D eigenvalue weighted by atomic mass is 10.3. The molecule has 0 saturated carbocycles. The molecule has 1 aromatic carbocycles. The van der Waals surface area contributed by atoms with Gasteiger partial charge in [0.1, 0.15) is 5.82 Å². The number of rotatable bonds is 5. The van der Waals surface area contributed by atoms with Crippen molar-refractivity contribution in [3.05, 3.63) is 29.0 Å². The molecule has 0 fully saturated rings. The van der Waals surface area contributed by atoms with Gasteiger partial charge in [-0.25, -0.2) is 4.39 Å². The largest absolute Gasteiger partial charge is 0.395 e. The first kappa shape index (κ1) is 14.9. The van der Waals surface area contributed by atoms with Crippen LogP contribution >= 0.6 is 11.6 Å². The molecule has 1 rings (SSSR count). The molecule has 1 aromatic rings. The number of hydrogen-bond acceptors (Lipinski definition) is 3. The summed E-state index contributed by atoms with van der Waals surface area (Å²) in [4.78, 5) is 13.4. The van der Waals surface area contributed by atoms with Gasteiger partial charge >= 0.3 is 0 Å². The van der Waals surface area contributed by atoms with E-state index in [1.807, 2.05) is 0 Å². The van der Waals surface area contributed by atoms with E-state index in [1.54, 1.807) is 18.9 Å². The first-order valence-electron chi connectivity index (χ1n) is 5.50. The minimum absolute atomic E-state index is 0.0267. The predicted molar refractivity (Wildman–Crippen MR) is 69.2 cm³/mol. The summed E-state index contributed by atoms with van der Waals surface area (Å²) in [6.45, 7) is 1.90. The normalized spacial score (nSPS) is 12.6. The Hall–Kier alpha value is -1.17. The number of nitrogens with one attached hydrogen (secondary N) is 1. The van der Waals surface area contributed by atoms with E-state index in [1.165, 1.54) is 12.1 Å². The van der Waals surface area contributed by atoms with Crippen LogP contribution < -0.4 is 5.32 Å². The van der Waals surface area contributed by atoms with Gasteiger partial charge < -0.3 is 10.4 Å². The first-order valence-corrected chi connectivity index (χ1v) is 5.88. The third kappa shape index (κ3) is 4.25. The van der Waals surface area contributed by atoms with E-state index in [-0.39, 0.29) is 30.1 Å². The highest BCUT2D eigenvalue weighted by Crippen LogP contribution is 2.22. The predicted octanol–water partition coefficient (Wildman–Crippen LogP) is 1.73. The van der Waals surface area contributed by atoms with E-state index >= 15 is 0 Å². The summed E-state index contributed by atoms with van der Waals surface area (Å²) in [6, 6.07) is 3.66. The number of benzene rings is 1. The molecule has 100 valence electrons. The Morgan fingerprint density at radius 1 is 1.61 bits per heavy atom. The minimum atomic E-state index is -0.455. The fourth-order valence-corrected chi connectivity index (χ4v) is 1.52. The number of aliphatic hydroxyl groups is 1. The fraction of sp³-hybridized carbons (Fsp3) is 0.417. The number of aliphatic hydroxyl groups excluding tert-OH is 1. The maximum absolute atomic E-state index is 12.8. The lowest BCUT2D eigenvalue weighted by molar-refractivity contribution is -0.117. The maximum Gasteiger partial charge on any atom is 0.238 e. The lowest BCUT2D eigenvalue weighted by Crippen LogP contribution is -2.38. The first-order chi connectivity index (χ1) is 8.43. The van der Waals surface area contributed by atoms with Gasteiger partial charge in [-0.2, -0.15) is 0 Å². The Morgan fingerprint density at radius 2 is 2.28 bits per heavy atom. The zero-order valence-corrected chi connectivity index (χ0v) is 11.0. The minimum Gasteiger partial charge on any atom is -0.395 e. The van der Waals surface area contributed by atoms with Gasteiger partial charge in [0.05, 0.1) is 23.9 Å². The van der Waals surface area contributed by atoms with Crippen LogP contribution in [-0.4, -0.2) is 42.2 Å². The SMILES string of the molecule is CC(CO)N(C)CC(=O)Nc1ccc(F)cc1Cl. The summed E-state index contributed by atoms with van der Waals surface area (Å²) >= 11 is 5.79. The van der Waals surface area contributed by atoms with Crippen molar-refractivity contribution < 1.29 is 14.3 Å². The number of amides is 1. The van der Waals surface area contributed by atoms with Gasteiger partial charge in [0, 0.05) is 6.04 Å². The lowest BCUT2D eigenvalue weighted by Gasteiger charge is -2.22. The average Bonchev–Trinajstić information content (AvgIpc) is 2.31. The highest BCUT2D eigenvalue weighted by molar-refractivity contribution is 6.33. The Kier molecular flexibility index (Phi) is 5.53. The molecule has 0 saturated heterocycles. The Labute approximate surface area is 110 Å². The molecule has 1 amide bonds. The van der Waals surface area contributed by atoms with Gasteiger partial charge in [-0.05, 0) is 32.2 Å². The van der Waals surface area contributed by atoms with Gasteiger partial charge in [-0.3, -0.25) is 9.69 Å². The number of anilines is 1. The molecule has 0 aromatic heterocycles. The van der Waals surface area contributed by atoms with Gasteiger partial charge in [-0.1, -0.05) is 11.6 Å². The molecule has 0 heterocycles. The van der Waals surface area contributed by atoms with E-state index in [2.05, 4.69) is 5.32 Å². The summed E-state index contributed by atoms with van der Waals surface area (Å²) in [6.07, 6.45) is 0. The van der Waals surface area contributed by atoms with Crippen LogP contribution in [0.5, 0.6) is 0 Å². The smallest absolute Gasteiger partial charge is 0.238 e. The summed E-state index contributed by atoms with van der Waals surface area (Å²) in [5.74, 6) is -0.727. The summed E-state index contributed by atoms with van der Waals surface area (Å²) in [5, 5.41) is 11.7. The summed E-state index contributed by atoms with van der Waals surface area (Å²) < 4.78 is 12.8. The standard InChI is InChI=1S/C12H16ClFN2O2/c1-8(7-17)16(2)6-12(18)15-11-4-3-9(14)5-10(11)13/h3-5,8,17H,6-7H2,1-2H3,(H,15,18). The van der Waals surface area contributed by atoms with Gasteiger partial charge in [-0.15, -0.1) is 0 Å². The van der Waals surface area contributed by atoms with Crippen LogP contribution in [0.25, 0.3) is 0 Å². The number of carbonyl (C=O) groups excluding carboxylic acids is 1. The van der Waals surface area contributed by atoms with Crippen molar-refractivity contribution in [3.8, 4) is 0 Å². The topological polar surface area (TPSA) is 52.6 Å². The van der Waals surface area contributed by atoms with Crippen molar-refractivity contribution in [2.24, 2.45) is 0 Å². The second kappa shape index (κ2) is 6.68. The highest BCUT2D eigenvalue weighted by atomic mass is 35.5. The molecule has 0 aliphatic rings. The quantitative estimate of drug-likeness (QED) is 0.860. The van der Waals surface area contributed by atoms with E-state index in [0.717, 1.165) is 6.07 Å². The molecular weight excluding hydrogens is 259 g/mol. The van der Waals surface area contributed by atoms with Crippen molar-refractivity contribution in [1.29, 1.82) is 0 Å². The molecule has 0 radical (unpaired) electrons. The molecular formula is C12H16ClFN2O2. The van der Waals surface area contributed by atoms with E-state index in [0.29, 0.717) is 5.69 Å². The van der Waals surface area contributed by atoms with Gasteiger partial charge in [0.2, 0.25) is 5.91 Å². The molecule has 1 unspecified atom stereocenters. The van der Waals surface area contributed by atoms with Crippen molar-refractivity contribution in [2.75, 3.05) is 25.5 Å². The van der Waals surface area contributed by atoms with Crippen molar-refractivity contribution >= 4 is 23.2 Å². The van der Waals surface area contributed by atoms with Crippen LogP contribution in [0.4, 0.5) is 10.1 Å². The van der Waals surface area contributed by atoms with E-state index in [9.17, 15) is 9.18 Å². The zero-order chi connectivity index (χ0) is 13.7. The van der Waals surface area contributed by atoms with Gasteiger partial charge in [0.25, 0.3) is 0 Å². The van der Waals surface area contributed by atoms with Crippen molar-refractivity contribution in [2.45, 2.75) is 13.0 Å². The van der Waals surface area contributed by atoms with E-state index < -0.39 is 5.82 Å². The number of likely N-dealkylation sites (N-methyl/N-ethyl adjacent to an activating group) is 1. The van der Waals surface area contributed by atoms with Crippen LogP contribution in [0.2, 0.25) is 5.02 Å². The number of nitrogens with zero attached hydrogens (tertiary/aromatic N) is 1. The number of carbonyl (C=O) groups is 1. The Morgan fingerprint density at radius 3 is 2.83 bits per heavy atom. The Bertz CT molecular complexity index is 429. The molecule has 18 heavy (non-hydrogen) atoms. The summed E-state index contributed by atoms with van der Waals surface area (Å²) in [5.41, 5.74) is 0.369. The zero-order valence-electron chi connectivity index (χ0n) is 10.3. The second-order valence-corrected chi connectivity index (χ2v) is 4.53. The molecule has 6 heteroatoms. The van der Waals surface area contributed by atoms with Gasteiger partial charge in [0.15, 0.2) is 0 Å². The molecule has 4 nitrogen and oxygen atoms in total. The summed E-state index contributed by atoms with van der Waals surface area (Å²) in [7, 11) is 1.73. The van der Waals surface area contributed by atoms with Crippen molar-refractivity contribution in [1.82, 2.24) is 4.90 Å².